The van der Waals surface area contributed by atoms with Gasteiger partial charge in [-0.25, -0.2) is 9.07 Å². The highest BCUT2D eigenvalue weighted by Crippen LogP contribution is 2.29. The molecule has 1 aromatic carbocycles. The summed E-state index contributed by atoms with van der Waals surface area (Å²) in [6.45, 7) is 0.386. The van der Waals surface area contributed by atoms with Gasteiger partial charge in [-0.1, -0.05) is 17.3 Å². The maximum absolute atomic E-state index is 13.9. The smallest absolute Gasteiger partial charge is 0.257 e. The number of hydrogen-bond donors (Lipinski definition) is 0. The van der Waals surface area contributed by atoms with Crippen LogP contribution in [0.2, 0.25) is 0 Å². The fourth-order valence-corrected chi connectivity index (χ4v) is 2.63. The molecular formula is C14H10FN5O. The van der Waals surface area contributed by atoms with Crippen LogP contribution in [0.15, 0.2) is 30.6 Å². The number of fused-ring (bicyclic) bond motifs is 5. The van der Waals surface area contributed by atoms with E-state index >= 15 is 0 Å². The summed E-state index contributed by atoms with van der Waals surface area (Å²) in [5, 5.41) is 8.48. The molecule has 0 radical (unpaired) electrons. The normalized spacial score (nSPS) is 14.0. The second-order valence-electron chi connectivity index (χ2n) is 4.95. The van der Waals surface area contributed by atoms with Crippen molar-refractivity contribution >= 4 is 16.8 Å². The third-order valence-corrected chi connectivity index (χ3v) is 3.63. The van der Waals surface area contributed by atoms with E-state index in [0.29, 0.717) is 23.2 Å². The Kier molecular flexibility index (Phi) is 2.32. The molecule has 104 valence electrons. The zero-order valence-corrected chi connectivity index (χ0v) is 11.1. The van der Waals surface area contributed by atoms with E-state index in [1.807, 2.05) is 0 Å². The molecule has 21 heavy (non-hydrogen) atoms. The first kappa shape index (κ1) is 12.0. The van der Waals surface area contributed by atoms with E-state index in [-0.39, 0.29) is 11.4 Å². The largest absolute Gasteiger partial charge is 0.336 e. The van der Waals surface area contributed by atoms with Crippen molar-refractivity contribution in [3.63, 3.8) is 0 Å². The topological polar surface area (TPSA) is 63.9 Å². The average molecular weight is 283 g/mol. The minimum Gasteiger partial charge on any atom is -0.336 e. The van der Waals surface area contributed by atoms with Gasteiger partial charge >= 0.3 is 0 Å². The molecule has 0 atom stereocenters. The van der Waals surface area contributed by atoms with E-state index in [1.165, 1.54) is 12.3 Å². The Morgan fingerprint density at radius 1 is 1.29 bits per heavy atom. The Hall–Kier alpha value is -2.83. The number of aromatic nitrogens is 4. The molecule has 0 spiro atoms. The fraction of sp³-hybridized carbons (Fsp3) is 0.143. The summed E-state index contributed by atoms with van der Waals surface area (Å²) < 4.78 is 15.5. The highest BCUT2D eigenvalue weighted by Gasteiger charge is 2.27. The highest BCUT2D eigenvalue weighted by molar-refractivity contribution is 6.04. The molecule has 1 amide bonds. The summed E-state index contributed by atoms with van der Waals surface area (Å²) in [6.07, 6.45) is 3.00. The zero-order chi connectivity index (χ0) is 14.6. The second-order valence-corrected chi connectivity index (χ2v) is 4.95. The molecular weight excluding hydrogens is 273 g/mol. The summed E-state index contributed by atoms with van der Waals surface area (Å²) >= 11 is 0. The van der Waals surface area contributed by atoms with Crippen molar-refractivity contribution in [2.75, 3.05) is 7.05 Å². The number of halogens is 1. The zero-order valence-electron chi connectivity index (χ0n) is 11.1. The van der Waals surface area contributed by atoms with Crippen molar-refractivity contribution < 1.29 is 9.18 Å². The van der Waals surface area contributed by atoms with Crippen molar-refractivity contribution in [3.8, 4) is 5.69 Å². The number of rotatable bonds is 0. The fourth-order valence-electron chi connectivity index (χ4n) is 2.63. The van der Waals surface area contributed by atoms with Crippen LogP contribution in [0.1, 0.15) is 16.1 Å². The maximum atomic E-state index is 13.9. The van der Waals surface area contributed by atoms with Crippen LogP contribution in [0, 0.1) is 5.82 Å². The van der Waals surface area contributed by atoms with E-state index in [9.17, 15) is 9.18 Å². The van der Waals surface area contributed by atoms with E-state index in [4.69, 9.17) is 0 Å². The van der Waals surface area contributed by atoms with Gasteiger partial charge in [-0.2, -0.15) is 0 Å². The predicted molar refractivity (Wildman–Crippen MR) is 72.4 cm³/mol. The Morgan fingerprint density at radius 2 is 2.14 bits per heavy atom. The summed E-state index contributed by atoms with van der Waals surface area (Å²) in [7, 11) is 1.70. The van der Waals surface area contributed by atoms with Gasteiger partial charge in [0.1, 0.15) is 11.3 Å². The van der Waals surface area contributed by atoms with Crippen LogP contribution < -0.4 is 0 Å². The third-order valence-electron chi connectivity index (χ3n) is 3.63. The van der Waals surface area contributed by atoms with Crippen molar-refractivity contribution in [2.24, 2.45) is 0 Å². The average Bonchev–Trinajstić information content (AvgIpc) is 2.89. The van der Waals surface area contributed by atoms with Gasteiger partial charge in [0.2, 0.25) is 0 Å². The number of carbonyl (C=O) groups excluding carboxylic acids is 1. The predicted octanol–water partition coefficient (Wildman–Crippen LogP) is 1.54. The Balaban J connectivity index is 2.19. The van der Waals surface area contributed by atoms with Gasteiger partial charge in [-0.05, 0) is 6.07 Å². The molecule has 0 aliphatic carbocycles. The van der Waals surface area contributed by atoms with Crippen LogP contribution in [0.3, 0.4) is 0 Å². The molecule has 2 aromatic heterocycles. The molecule has 4 rings (SSSR count). The van der Waals surface area contributed by atoms with E-state index < -0.39 is 5.82 Å². The molecule has 0 bridgehead atoms. The molecule has 6 nitrogen and oxygen atoms in total. The van der Waals surface area contributed by atoms with Gasteiger partial charge in [0.15, 0.2) is 0 Å². The van der Waals surface area contributed by atoms with Crippen LogP contribution in [0.5, 0.6) is 0 Å². The van der Waals surface area contributed by atoms with Crippen molar-refractivity contribution in [3.05, 3.63) is 47.7 Å². The number of amides is 1. The first-order valence-electron chi connectivity index (χ1n) is 6.39. The number of para-hydroxylation sites is 1. The van der Waals surface area contributed by atoms with Gasteiger partial charge in [0.25, 0.3) is 5.91 Å². The number of carbonyl (C=O) groups is 1. The number of benzene rings is 1. The Morgan fingerprint density at radius 3 is 3.00 bits per heavy atom. The molecule has 0 unspecified atom stereocenters. The van der Waals surface area contributed by atoms with Crippen molar-refractivity contribution in [1.29, 1.82) is 0 Å². The highest BCUT2D eigenvalue weighted by atomic mass is 19.1. The molecule has 7 heteroatoms. The Bertz CT molecular complexity index is 888. The Labute approximate surface area is 118 Å². The lowest BCUT2D eigenvalue weighted by Crippen LogP contribution is -2.25. The molecule has 3 heterocycles. The maximum Gasteiger partial charge on any atom is 0.257 e. The second kappa shape index (κ2) is 4.08. The van der Waals surface area contributed by atoms with Gasteiger partial charge < -0.3 is 4.90 Å². The molecule has 1 aliphatic heterocycles. The van der Waals surface area contributed by atoms with Crippen LogP contribution in [0.25, 0.3) is 16.6 Å². The molecule has 0 fully saturated rings. The van der Waals surface area contributed by atoms with Crippen LogP contribution >= 0.6 is 0 Å². The summed E-state index contributed by atoms with van der Waals surface area (Å²) in [5.74, 6) is -0.601. The quantitative estimate of drug-likeness (QED) is 0.628. The van der Waals surface area contributed by atoms with E-state index in [0.717, 1.165) is 5.69 Å². The first-order valence-corrected chi connectivity index (χ1v) is 6.39. The van der Waals surface area contributed by atoms with Gasteiger partial charge in [-0.3, -0.25) is 9.78 Å². The number of pyridine rings is 1. The first-order chi connectivity index (χ1) is 10.2. The SMILES string of the molecule is CN1Cc2cnnn2-c2c(cnc3c(F)cccc23)C1=O. The van der Waals surface area contributed by atoms with E-state index in [1.54, 1.807) is 35.0 Å². The molecule has 3 aromatic rings. The molecule has 1 aliphatic rings. The summed E-state index contributed by atoms with van der Waals surface area (Å²) in [6, 6.07) is 4.66. The lowest BCUT2D eigenvalue weighted by atomic mass is 10.1. The molecule has 0 saturated carbocycles. The molecule has 0 saturated heterocycles. The van der Waals surface area contributed by atoms with Gasteiger partial charge in [0, 0.05) is 18.6 Å². The summed E-state index contributed by atoms with van der Waals surface area (Å²) in [4.78, 5) is 18.1. The monoisotopic (exact) mass is 283 g/mol. The van der Waals surface area contributed by atoms with Gasteiger partial charge in [-0.15, -0.1) is 5.10 Å². The standard InChI is InChI=1S/C14H10FN5O/c1-19-7-8-5-17-18-20(8)13-9-3-2-4-11(15)12(9)16-6-10(13)14(19)21/h2-6H,7H2,1H3. The van der Waals surface area contributed by atoms with Crippen molar-refractivity contribution in [1.82, 2.24) is 24.9 Å². The minimum atomic E-state index is -0.429. The van der Waals surface area contributed by atoms with E-state index in [2.05, 4.69) is 15.3 Å². The molecule has 0 N–H and O–H groups in total. The number of hydrogen-bond acceptors (Lipinski definition) is 4. The third kappa shape index (κ3) is 1.57. The van der Waals surface area contributed by atoms with Crippen LogP contribution in [0.4, 0.5) is 4.39 Å². The van der Waals surface area contributed by atoms with Crippen LogP contribution in [-0.2, 0) is 6.54 Å². The van der Waals surface area contributed by atoms with Crippen LogP contribution in [-0.4, -0.2) is 37.8 Å². The lowest BCUT2D eigenvalue weighted by molar-refractivity contribution is 0.0787. The lowest BCUT2D eigenvalue weighted by Gasteiger charge is -2.13. The number of nitrogens with zero attached hydrogens (tertiary/aromatic N) is 5. The van der Waals surface area contributed by atoms with Crippen molar-refractivity contribution in [2.45, 2.75) is 6.54 Å². The van der Waals surface area contributed by atoms with Gasteiger partial charge in [0.05, 0.1) is 29.7 Å². The minimum absolute atomic E-state index is 0.172. The summed E-state index contributed by atoms with van der Waals surface area (Å²) in [5.41, 5.74) is 1.90.